The van der Waals surface area contributed by atoms with Crippen LogP contribution in [0, 0.1) is 10.7 Å². The van der Waals surface area contributed by atoms with Crippen LogP contribution in [0.4, 0.5) is 0 Å². The number of aliphatic hydroxyl groups excluding tert-OH is 1. The Balaban J connectivity index is 2.15. The number of nitrogens with one attached hydrogen (secondary N) is 1. The van der Waals surface area contributed by atoms with E-state index in [4.69, 9.17) is 0 Å². The summed E-state index contributed by atoms with van der Waals surface area (Å²) in [6, 6.07) is 3.84. The van der Waals surface area contributed by atoms with E-state index in [0.29, 0.717) is 5.56 Å². The van der Waals surface area contributed by atoms with E-state index in [1.165, 1.54) is 0 Å². The molecule has 0 saturated heterocycles. The minimum Gasteiger partial charge on any atom is -0.391 e. The van der Waals surface area contributed by atoms with Crippen molar-refractivity contribution in [3.05, 3.63) is 28.4 Å². The molecule has 104 valence electrons. The third-order valence-electron chi connectivity index (χ3n) is 3.28. The van der Waals surface area contributed by atoms with Crippen LogP contribution >= 0.6 is 67.8 Å². The fourth-order valence-electron chi connectivity index (χ4n) is 2.25. The van der Waals surface area contributed by atoms with Crippen LogP contribution in [0.3, 0.4) is 0 Å². The molecule has 1 fully saturated rings. The van der Waals surface area contributed by atoms with Crippen molar-refractivity contribution in [1.82, 2.24) is 5.32 Å². The SMILES string of the molecule is O=C(NC1CCCCC1O)c1cc(I)cc(I)c1I. The lowest BCUT2D eigenvalue weighted by atomic mass is 9.92. The average Bonchev–Trinajstić information content (AvgIpc) is 2.36. The number of hydrogen-bond donors (Lipinski definition) is 2. The molecule has 6 heteroatoms. The lowest BCUT2D eigenvalue weighted by Crippen LogP contribution is -2.45. The zero-order valence-corrected chi connectivity index (χ0v) is 16.6. The van der Waals surface area contributed by atoms with Gasteiger partial charge in [0, 0.05) is 10.7 Å². The van der Waals surface area contributed by atoms with Gasteiger partial charge in [0.05, 0.1) is 17.7 Å². The molecule has 2 N–H and O–H groups in total. The second kappa shape index (κ2) is 7.21. The fourth-order valence-corrected chi connectivity index (χ4v) is 4.65. The summed E-state index contributed by atoms with van der Waals surface area (Å²) in [6.45, 7) is 0. The Kier molecular flexibility index (Phi) is 6.15. The van der Waals surface area contributed by atoms with Crippen molar-refractivity contribution in [2.45, 2.75) is 37.8 Å². The highest BCUT2D eigenvalue weighted by Crippen LogP contribution is 2.24. The number of aliphatic hydroxyl groups is 1. The normalized spacial score (nSPS) is 23.2. The van der Waals surface area contributed by atoms with Gasteiger partial charge >= 0.3 is 0 Å². The largest absolute Gasteiger partial charge is 0.391 e. The third-order valence-corrected chi connectivity index (χ3v) is 6.95. The second-order valence-electron chi connectivity index (χ2n) is 4.68. The summed E-state index contributed by atoms with van der Waals surface area (Å²) < 4.78 is 3.11. The first-order chi connectivity index (χ1) is 8.99. The molecule has 0 heterocycles. The Bertz CT molecular complexity index is 493. The molecular formula is C13H14I3NO2. The van der Waals surface area contributed by atoms with Crippen LogP contribution in [0.1, 0.15) is 36.0 Å². The number of benzene rings is 1. The molecule has 0 radical (unpaired) electrons. The van der Waals surface area contributed by atoms with Gasteiger partial charge in [-0.1, -0.05) is 12.8 Å². The van der Waals surface area contributed by atoms with E-state index in [1.54, 1.807) is 0 Å². The Hall–Kier alpha value is 0.840. The van der Waals surface area contributed by atoms with Crippen molar-refractivity contribution in [2.24, 2.45) is 0 Å². The summed E-state index contributed by atoms with van der Waals surface area (Å²) in [4.78, 5) is 12.4. The predicted molar refractivity (Wildman–Crippen MR) is 100 cm³/mol. The highest BCUT2D eigenvalue weighted by atomic mass is 127. The molecule has 1 aliphatic carbocycles. The zero-order chi connectivity index (χ0) is 14.0. The summed E-state index contributed by atoms with van der Waals surface area (Å²) in [5.41, 5.74) is 0.703. The standard InChI is InChI=1S/C13H14I3NO2/c14-7-5-8(12(16)9(15)6-7)13(19)17-10-3-1-2-4-11(10)18/h5-6,10-11,18H,1-4H2,(H,17,19). The molecule has 1 aromatic carbocycles. The first-order valence-corrected chi connectivity index (χ1v) is 9.36. The average molecular weight is 597 g/mol. The minimum atomic E-state index is -0.405. The van der Waals surface area contributed by atoms with Crippen LogP contribution in [0.25, 0.3) is 0 Å². The molecule has 2 rings (SSSR count). The molecule has 19 heavy (non-hydrogen) atoms. The third kappa shape index (κ3) is 4.16. The van der Waals surface area contributed by atoms with Gasteiger partial charge in [0.15, 0.2) is 0 Å². The van der Waals surface area contributed by atoms with Crippen molar-refractivity contribution < 1.29 is 9.90 Å². The minimum absolute atomic E-state index is 0.0771. The summed E-state index contributed by atoms with van der Waals surface area (Å²) in [7, 11) is 0. The van der Waals surface area contributed by atoms with E-state index in [0.717, 1.165) is 36.4 Å². The van der Waals surface area contributed by atoms with Gasteiger partial charge in [-0.3, -0.25) is 4.79 Å². The Morgan fingerprint density at radius 1 is 1.21 bits per heavy atom. The van der Waals surface area contributed by atoms with Crippen molar-refractivity contribution in [2.75, 3.05) is 0 Å². The lowest BCUT2D eigenvalue weighted by Gasteiger charge is -2.28. The van der Waals surface area contributed by atoms with Crippen molar-refractivity contribution in [3.63, 3.8) is 0 Å². The highest BCUT2D eigenvalue weighted by Gasteiger charge is 2.25. The summed E-state index contributed by atoms with van der Waals surface area (Å²) in [6.07, 6.45) is 3.36. The molecular weight excluding hydrogens is 583 g/mol. The molecule has 0 aliphatic heterocycles. The van der Waals surface area contributed by atoms with Crippen LogP contribution < -0.4 is 5.32 Å². The summed E-state index contributed by atoms with van der Waals surface area (Å²) in [5.74, 6) is -0.0771. The predicted octanol–water partition coefficient (Wildman–Crippen LogP) is 3.53. The van der Waals surface area contributed by atoms with Gasteiger partial charge in [-0.25, -0.2) is 0 Å². The van der Waals surface area contributed by atoms with Crippen LogP contribution in [0.15, 0.2) is 12.1 Å². The van der Waals surface area contributed by atoms with Crippen molar-refractivity contribution >= 4 is 73.7 Å². The maximum atomic E-state index is 12.4. The zero-order valence-electron chi connectivity index (χ0n) is 10.1. The van der Waals surface area contributed by atoms with Gasteiger partial charge in [0.1, 0.15) is 0 Å². The first-order valence-electron chi connectivity index (χ1n) is 6.12. The Labute approximate surface area is 153 Å². The topological polar surface area (TPSA) is 49.3 Å². The Morgan fingerprint density at radius 2 is 1.89 bits per heavy atom. The monoisotopic (exact) mass is 597 g/mol. The molecule has 1 aromatic rings. The molecule has 1 amide bonds. The number of carbonyl (C=O) groups is 1. The quantitative estimate of drug-likeness (QED) is 0.406. The van der Waals surface area contributed by atoms with E-state index >= 15 is 0 Å². The van der Waals surface area contributed by atoms with Gasteiger partial charge in [-0.05, 0) is 92.7 Å². The van der Waals surface area contributed by atoms with E-state index in [1.807, 2.05) is 6.07 Å². The smallest absolute Gasteiger partial charge is 0.252 e. The van der Waals surface area contributed by atoms with Gasteiger partial charge in [0.25, 0.3) is 5.91 Å². The fraction of sp³-hybridized carbons (Fsp3) is 0.462. The van der Waals surface area contributed by atoms with Gasteiger partial charge < -0.3 is 10.4 Å². The van der Waals surface area contributed by atoms with E-state index < -0.39 is 6.10 Å². The molecule has 0 aromatic heterocycles. The molecule has 0 spiro atoms. The molecule has 2 unspecified atom stereocenters. The van der Waals surface area contributed by atoms with Crippen LogP contribution in [-0.4, -0.2) is 23.2 Å². The van der Waals surface area contributed by atoms with E-state index in [-0.39, 0.29) is 11.9 Å². The maximum Gasteiger partial charge on any atom is 0.252 e. The Morgan fingerprint density at radius 3 is 2.58 bits per heavy atom. The number of halogens is 3. The van der Waals surface area contributed by atoms with Gasteiger partial charge in [-0.2, -0.15) is 0 Å². The number of hydrogen-bond acceptors (Lipinski definition) is 2. The highest BCUT2D eigenvalue weighted by molar-refractivity contribution is 14.1. The number of rotatable bonds is 2. The molecule has 1 saturated carbocycles. The molecule has 1 aliphatic rings. The van der Waals surface area contributed by atoms with Gasteiger partial charge in [0.2, 0.25) is 0 Å². The molecule has 2 atom stereocenters. The molecule has 3 nitrogen and oxygen atoms in total. The second-order valence-corrected chi connectivity index (χ2v) is 8.17. The molecule has 0 bridgehead atoms. The summed E-state index contributed by atoms with van der Waals surface area (Å²) in [5, 5.41) is 12.9. The maximum absolute atomic E-state index is 12.4. The number of amides is 1. The van der Waals surface area contributed by atoms with Crippen LogP contribution in [-0.2, 0) is 0 Å². The van der Waals surface area contributed by atoms with Crippen LogP contribution in [0.2, 0.25) is 0 Å². The van der Waals surface area contributed by atoms with Gasteiger partial charge in [-0.15, -0.1) is 0 Å². The van der Waals surface area contributed by atoms with Crippen molar-refractivity contribution in [1.29, 1.82) is 0 Å². The van der Waals surface area contributed by atoms with E-state index in [2.05, 4.69) is 79.2 Å². The van der Waals surface area contributed by atoms with E-state index in [9.17, 15) is 9.90 Å². The first kappa shape index (κ1) is 16.2. The number of carbonyl (C=O) groups excluding carboxylic acids is 1. The lowest BCUT2D eigenvalue weighted by molar-refractivity contribution is 0.0716. The summed E-state index contributed by atoms with van der Waals surface area (Å²) >= 11 is 6.66. The van der Waals surface area contributed by atoms with Crippen LogP contribution in [0.5, 0.6) is 0 Å². The van der Waals surface area contributed by atoms with Crippen molar-refractivity contribution in [3.8, 4) is 0 Å².